The summed E-state index contributed by atoms with van der Waals surface area (Å²) < 4.78 is 0. The summed E-state index contributed by atoms with van der Waals surface area (Å²) >= 11 is 1.90. The van der Waals surface area contributed by atoms with Gasteiger partial charge in [-0.05, 0) is 53.4 Å². The maximum absolute atomic E-state index is 4.98. The van der Waals surface area contributed by atoms with Gasteiger partial charge in [0.15, 0.2) is 5.13 Å². The molecule has 1 heterocycles. The molecule has 0 spiro atoms. The van der Waals surface area contributed by atoms with E-state index in [1.54, 1.807) is 0 Å². The minimum Gasteiger partial charge on any atom is -0.348 e. The van der Waals surface area contributed by atoms with E-state index in [0.717, 1.165) is 38.6 Å². The van der Waals surface area contributed by atoms with E-state index < -0.39 is 0 Å². The van der Waals surface area contributed by atoms with Gasteiger partial charge in [0.25, 0.3) is 0 Å². The molecule has 4 nitrogen and oxygen atoms in total. The van der Waals surface area contributed by atoms with Gasteiger partial charge in [-0.15, -0.1) is 11.3 Å². The number of nitrogens with zero attached hydrogens (tertiary/aromatic N) is 3. The van der Waals surface area contributed by atoms with Gasteiger partial charge in [0.05, 0.1) is 5.69 Å². The summed E-state index contributed by atoms with van der Waals surface area (Å²) in [5.41, 5.74) is 1.38. The molecule has 0 amide bonds. The zero-order valence-electron chi connectivity index (χ0n) is 14.0. The second-order valence-electron chi connectivity index (χ2n) is 6.10. The lowest BCUT2D eigenvalue weighted by atomic mass is 10.2. The number of hydrogen-bond donors (Lipinski definition) is 1. The largest absolute Gasteiger partial charge is 0.348 e. The predicted octanol–water partition coefficient (Wildman–Crippen LogP) is 2.91. The van der Waals surface area contributed by atoms with E-state index in [9.17, 15) is 0 Å². The molecule has 1 saturated carbocycles. The molecule has 2 rings (SSSR count). The zero-order valence-corrected chi connectivity index (χ0v) is 14.8. The Morgan fingerprint density at radius 2 is 2.00 bits per heavy atom. The van der Waals surface area contributed by atoms with Crippen molar-refractivity contribution in [1.29, 1.82) is 0 Å². The van der Waals surface area contributed by atoms with Crippen LogP contribution < -0.4 is 10.2 Å². The van der Waals surface area contributed by atoms with Crippen LogP contribution in [0.15, 0.2) is 0 Å². The zero-order chi connectivity index (χ0) is 15.2. The van der Waals surface area contributed by atoms with E-state index in [1.807, 2.05) is 11.3 Å². The highest BCUT2D eigenvalue weighted by Gasteiger charge is 2.30. The first kappa shape index (κ1) is 16.7. The third-order valence-electron chi connectivity index (χ3n) is 3.90. The molecule has 0 aromatic carbocycles. The van der Waals surface area contributed by atoms with Crippen molar-refractivity contribution >= 4 is 16.5 Å². The summed E-state index contributed by atoms with van der Waals surface area (Å²) in [7, 11) is 4.28. The highest BCUT2D eigenvalue weighted by atomic mass is 32.1. The van der Waals surface area contributed by atoms with E-state index in [4.69, 9.17) is 4.98 Å². The first-order chi connectivity index (χ1) is 10.2. The second kappa shape index (κ2) is 8.11. The Kier molecular flexibility index (Phi) is 6.45. The molecule has 5 heteroatoms. The van der Waals surface area contributed by atoms with Crippen molar-refractivity contribution < 1.29 is 0 Å². The van der Waals surface area contributed by atoms with Gasteiger partial charge in [0.1, 0.15) is 0 Å². The Balaban J connectivity index is 2.02. The lowest BCUT2D eigenvalue weighted by molar-refractivity contribution is 0.400. The van der Waals surface area contributed by atoms with Gasteiger partial charge in [-0.2, -0.15) is 0 Å². The summed E-state index contributed by atoms with van der Waals surface area (Å²) in [4.78, 5) is 11.1. The third kappa shape index (κ3) is 4.94. The first-order valence-corrected chi connectivity index (χ1v) is 9.07. The van der Waals surface area contributed by atoms with Gasteiger partial charge in [-0.3, -0.25) is 0 Å². The smallest absolute Gasteiger partial charge is 0.185 e. The average molecular weight is 311 g/mol. The van der Waals surface area contributed by atoms with Crippen LogP contribution in [0.3, 0.4) is 0 Å². The van der Waals surface area contributed by atoms with Gasteiger partial charge < -0.3 is 15.1 Å². The SMILES string of the molecule is CCNCc1sc(N(CC)CCCN(C)C)nc1C1CC1. The molecule has 120 valence electrons. The Bertz CT molecular complexity index is 426. The number of anilines is 1. The Labute approximate surface area is 133 Å². The van der Waals surface area contributed by atoms with Gasteiger partial charge in [-0.1, -0.05) is 6.92 Å². The molecule has 0 saturated heterocycles. The molecule has 0 radical (unpaired) electrons. The molecule has 1 aromatic heterocycles. The molecular formula is C16H30N4S. The number of nitrogens with one attached hydrogen (secondary N) is 1. The lowest BCUT2D eigenvalue weighted by Gasteiger charge is -2.20. The van der Waals surface area contributed by atoms with Crippen molar-refractivity contribution in [2.45, 2.75) is 45.6 Å². The molecule has 0 aliphatic heterocycles. The maximum atomic E-state index is 4.98. The van der Waals surface area contributed by atoms with E-state index >= 15 is 0 Å². The predicted molar refractivity (Wildman–Crippen MR) is 92.5 cm³/mol. The molecule has 1 aliphatic carbocycles. The van der Waals surface area contributed by atoms with Gasteiger partial charge in [0, 0.05) is 30.4 Å². The fourth-order valence-corrected chi connectivity index (χ4v) is 3.70. The topological polar surface area (TPSA) is 31.4 Å². The first-order valence-electron chi connectivity index (χ1n) is 8.25. The Morgan fingerprint density at radius 1 is 1.24 bits per heavy atom. The molecule has 1 N–H and O–H groups in total. The van der Waals surface area contributed by atoms with Crippen LogP contribution in [0.4, 0.5) is 5.13 Å². The second-order valence-corrected chi connectivity index (χ2v) is 7.16. The van der Waals surface area contributed by atoms with Crippen molar-refractivity contribution in [2.24, 2.45) is 0 Å². The van der Waals surface area contributed by atoms with Crippen molar-refractivity contribution in [2.75, 3.05) is 45.2 Å². The molecule has 1 fully saturated rings. The van der Waals surface area contributed by atoms with Crippen LogP contribution in [0.5, 0.6) is 0 Å². The number of thiazole rings is 1. The fraction of sp³-hybridized carbons (Fsp3) is 0.812. The molecule has 1 aliphatic rings. The van der Waals surface area contributed by atoms with Crippen molar-refractivity contribution in [3.05, 3.63) is 10.6 Å². The normalized spacial score (nSPS) is 14.9. The van der Waals surface area contributed by atoms with E-state index in [-0.39, 0.29) is 0 Å². The van der Waals surface area contributed by atoms with Crippen molar-refractivity contribution in [3.8, 4) is 0 Å². The third-order valence-corrected chi connectivity index (χ3v) is 5.03. The molecule has 1 aromatic rings. The summed E-state index contributed by atoms with van der Waals surface area (Å²) in [6.45, 7) is 9.70. The highest BCUT2D eigenvalue weighted by Crippen LogP contribution is 2.44. The quantitative estimate of drug-likeness (QED) is 0.720. The monoisotopic (exact) mass is 310 g/mol. The van der Waals surface area contributed by atoms with E-state index in [1.165, 1.54) is 35.0 Å². The Hall–Kier alpha value is -0.650. The average Bonchev–Trinajstić information content (AvgIpc) is 3.22. The molecule has 21 heavy (non-hydrogen) atoms. The van der Waals surface area contributed by atoms with E-state index in [0.29, 0.717) is 0 Å². The number of hydrogen-bond acceptors (Lipinski definition) is 5. The van der Waals surface area contributed by atoms with Crippen LogP contribution in [0.2, 0.25) is 0 Å². The van der Waals surface area contributed by atoms with Crippen molar-refractivity contribution in [1.82, 2.24) is 15.2 Å². The lowest BCUT2D eigenvalue weighted by Crippen LogP contribution is -2.26. The van der Waals surface area contributed by atoms with Crippen LogP contribution in [0.25, 0.3) is 0 Å². The van der Waals surface area contributed by atoms with Gasteiger partial charge in [0.2, 0.25) is 0 Å². The summed E-state index contributed by atoms with van der Waals surface area (Å²) in [6.07, 6.45) is 3.85. The van der Waals surface area contributed by atoms with Crippen LogP contribution in [-0.2, 0) is 6.54 Å². The van der Waals surface area contributed by atoms with Crippen LogP contribution in [0, 0.1) is 0 Å². The highest BCUT2D eigenvalue weighted by molar-refractivity contribution is 7.15. The van der Waals surface area contributed by atoms with Crippen LogP contribution in [0.1, 0.15) is 49.6 Å². The van der Waals surface area contributed by atoms with Crippen LogP contribution in [-0.4, -0.2) is 50.2 Å². The fourth-order valence-electron chi connectivity index (χ4n) is 2.49. The van der Waals surface area contributed by atoms with Gasteiger partial charge >= 0.3 is 0 Å². The maximum Gasteiger partial charge on any atom is 0.185 e. The summed E-state index contributed by atoms with van der Waals surface area (Å²) in [5, 5.41) is 4.69. The van der Waals surface area contributed by atoms with Gasteiger partial charge in [-0.25, -0.2) is 4.98 Å². The number of rotatable bonds is 10. The minimum atomic E-state index is 0.740. The molecule has 0 unspecified atom stereocenters. The molecular weight excluding hydrogens is 280 g/mol. The molecule has 0 bridgehead atoms. The summed E-state index contributed by atoms with van der Waals surface area (Å²) in [5.74, 6) is 0.740. The van der Waals surface area contributed by atoms with Crippen molar-refractivity contribution in [3.63, 3.8) is 0 Å². The van der Waals surface area contributed by atoms with Crippen LogP contribution >= 0.6 is 11.3 Å². The summed E-state index contributed by atoms with van der Waals surface area (Å²) in [6, 6.07) is 0. The standard InChI is InChI=1S/C16H30N4S/c1-5-17-12-14-15(13-8-9-13)18-16(21-14)20(6-2)11-7-10-19(3)4/h13,17H,5-12H2,1-4H3. The number of aromatic nitrogens is 1. The minimum absolute atomic E-state index is 0.740. The Morgan fingerprint density at radius 3 is 2.57 bits per heavy atom. The van der Waals surface area contributed by atoms with E-state index in [2.05, 4.69) is 43.1 Å². The molecule has 0 atom stereocenters.